The summed E-state index contributed by atoms with van der Waals surface area (Å²) in [7, 11) is -3.34. The van der Waals surface area contributed by atoms with Gasteiger partial charge in [-0.05, 0) is 26.2 Å². The van der Waals surface area contributed by atoms with E-state index in [0.717, 1.165) is 17.8 Å². The number of unbranched alkanes of at least 4 members (excludes halogenated alkanes) is 1. The van der Waals surface area contributed by atoms with Gasteiger partial charge in [0.1, 0.15) is 11.0 Å². The van der Waals surface area contributed by atoms with Crippen LogP contribution in [-0.4, -0.2) is 42.0 Å². The second-order valence-electron chi connectivity index (χ2n) is 5.17. The largest absolute Gasteiger partial charge is 0.315 e. The molecule has 0 spiro atoms. The van der Waals surface area contributed by atoms with Crippen LogP contribution in [0.4, 0.5) is 5.00 Å². The lowest BCUT2D eigenvalue weighted by Gasteiger charge is -2.23. The van der Waals surface area contributed by atoms with Crippen molar-refractivity contribution < 1.29 is 13.2 Å². The maximum Gasteiger partial charge on any atom is 0.243 e. The van der Waals surface area contributed by atoms with Gasteiger partial charge in [-0.3, -0.25) is 4.79 Å². The van der Waals surface area contributed by atoms with Crippen molar-refractivity contribution in [2.24, 2.45) is 0 Å². The third-order valence-electron chi connectivity index (χ3n) is 3.49. The van der Waals surface area contributed by atoms with Crippen molar-refractivity contribution in [2.75, 3.05) is 17.6 Å². The van der Waals surface area contributed by atoms with Crippen molar-refractivity contribution in [3.63, 3.8) is 0 Å². The van der Waals surface area contributed by atoms with Crippen molar-refractivity contribution in [2.45, 2.75) is 45.6 Å². The molecule has 1 N–H and O–H groups in total. The van der Waals surface area contributed by atoms with E-state index in [2.05, 4.69) is 10.3 Å². The minimum Gasteiger partial charge on any atom is -0.315 e. The van der Waals surface area contributed by atoms with Gasteiger partial charge in [0.15, 0.2) is 0 Å². The lowest BCUT2D eigenvalue weighted by molar-refractivity contribution is -0.119. The molecule has 8 heteroatoms. The maximum atomic E-state index is 12.3. The van der Waals surface area contributed by atoms with E-state index < -0.39 is 16.1 Å². The predicted molar refractivity (Wildman–Crippen MR) is 83.9 cm³/mol. The standard InChI is InChI=1S/C13H21N3O3S2/c1-3-4-8-21(18,19)16-7-5-6-11(16)13(17)15-12-9-14-10(2)20-12/h9,11H,3-8H2,1-2H3,(H,15,17). The van der Waals surface area contributed by atoms with Gasteiger partial charge in [-0.25, -0.2) is 13.4 Å². The highest BCUT2D eigenvalue weighted by molar-refractivity contribution is 7.89. The molecule has 0 saturated carbocycles. The Bertz CT molecular complexity index is 598. The summed E-state index contributed by atoms with van der Waals surface area (Å²) in [4.78, 5) is 16.4. The first-order valence-electron chi connectivity index (χ1n) is 7.17. The molecule has 1 fully saturated rings. The van der Waals surface area contributed by atoms with Crippen molar-refractivity contribution >= 4 is 32.3 Å². The molecular weight excluding hydrogens is 310 g/mol. The number of aromatic nitrogens is 1. The van der Waals surface area contributed by atoms with Gasteiger partial charge in [-0.1, -0.05) is 13.3 Å². The monoisotopic (exact) mass is 331 g/mol. The molecule has 6 nitrogen and oxygen atoms in total. The fraction of sp³-hybridized carbons (Fsp3) is 0.692. The Hall–Kier alpha value is -0.990. The molecule has 1 unspecified atom stereocenters. The summed E-state index contributed by atoms with van der Waals surface area (Å²) in [6, 6.07) is -0.589. The van der Waals surface area contributed by atoms with Crippen LogP contribution < -0.4 is 5.32 Å². The Kier molecular flexibility index (Phi) is 5.34. The molecule has 118 valence electrons. The number of nitrogens with one attached hydrogen (secondary N) is 1. The summed E-state index contributed by atoms with van der Waals surface area (Å²) in [6.45, 7) is 4.25. The molecule has 1 aliphatic heterocycles. The summed E-state index contributed by atoms with van der Waals surface area (Å²) < 4.78 is 26.0. The molecule has 1 amide bonds. The number of amides is 1. The molecule has 1 atom stereocenters. The molecule has 0 aromatic carbocycles. The maximum absolute atomic E-state index is 12.3. The second-order valence-corrected chi connectivity index (χ2v) is 8.45. The van der Waals surface area contributed by atoms with Crippen molar-refractivity contribution in [1.29, 1.82) is 0 Å². The van der Waals surface area contributed by atoms with Crippen molar-refractivity contribution in [3.05, 3.63) is 11.2 Å². The molecule has 0 bridgehead atoms. The van der Waals surface area contributed by atoms with Gasteiger partial charge in [0.25, 0.3) is 0 Å². The van der Waals surface area contributed by atoms with Crippen LogP contribution in [-0.2, 0) is 14.8 Å². The first-order chi connectivity index (χ1) is 9.94. The smallest absolute Gasteiger partial charge is 0.243 e. The fourth-order valence-electron chi connectivity index (χ4n) is 2.40. The first kappa shape index (κ1) is 16.4. The topological polar surface area (TPSA) is 79.4 Å². The first-order valence-corrected chi connectivity index (χ1v) is 9.59. The average molecular weight is 331 g/mol. The third-order valence-corrected chi connectivity index (χ3v) is 6.27. The highest BCUT2D eigenvalue weighted by Gasteiger charge is 2.38. The van der Waals surface area contributed by atoms with Gasteiger partial charge in [0.05, 0.1) is 17.0 Å². The van der Waals surface area contributed by atoms with Crippen molar-refractivity contribution in [3.8, 4) is 0 Å². The molecule has 0 aliphatic carbocycles. The number of hydrogen-bond donors (Lipinski definition) is 1. The van der Waals surface area contributed by atoms with Gasteiger partial charge < -0.3 is 5.32 Å². The SMILES string of the molecule is CCCCS(=O)(=O)N1CCCC1C(=O)Nc1cnc(C)s1. The zero-order chi connectivity index (χ0) is 15.5. The Morgan fingerprint density at radius 1 is 1.57 bits per heavy atom. The zero-order valence-electron chi connectivity index (χ0n) is 12.3. The minimum atomic E-state index is -3.34. The van der Waals surface area contributed by atoms with E-state index in [0.29, 0.717) is 24.4 Å². The summed E-state index contributed by atoms with van der Waals surface area (Å²) in [5.41, 5.74) is 0. The van der Waals surface area contributed by atoms with E-state index in [1.165, 1.54) is 15.6 Å². The predicted octanol–water partition coefficient (Wildman–Crippen LogP) is 1.98. The van der Waals surface area contributed by atoms with Gasteiger partial charge in [-0.15, -0.1) is 11.3 Å². The Balaban J connectivity index is 2.05. The summed E-state index contributed by atoms with van der Waals surface area (Å²) in [5, 5.41) is 4.30. The van der Waals surface area contributed by atoms with Crippen LogP contribution in [0.1, 0.15) is 37.6 Å². The number of rotatable bonds is 6. The van der Waals surface area contributed by atoms with E-state index in [9.17, 15) is 13.2 Å². The molecule has 1 aromatic heterocycles. The quantitative estimate of drug-likeness (QED) is 0.864. The number of nitrogens with zero attached hydrogens (tertiary/aromatic N) is 2. The second kappa shape index (κ2) is 6.85. The summed E-state index contributed by atoms with van der Waals surface area (Å²) in [5.74, 6) is -0.135. The molecule has 2 heterocycles. The van der Waals surface area contributed by atoms with Gasteiger partial charge >= 0.3 is 0 Å². The minimum absolute atomic E-state index is 0.118. The molecule has 0 radical (unpaired) electrons. The lowest BCUT2D eigenvalue weighted by Crippen LogP contribution is -2.43. The Labute approximate surface area is 129 Å². The van der Waals surface area contributed by atoms with Gasteiger partial charge in [0.2, 0.25) is 15.9 Å². The summed E-state index contributed by atoms with van der Waals surface area (Å²) in [6.07, 6.45) is 4.36. The fourth-order valence-corrected chi connectivity index (χ4v) is 4.97. The number of carbonyl (C=O) groups excluding carboxylic acids is 1. The third kappa shape index (κ3) is 4.02. The van der Waals surface area contributed by atoms with Crippen LogP contribution in [0.15, 0.2) is 6.20 Å². The van der Waals surface area contributed by atoms with Gasteiger partial charge in [0, 0.05) is 6.54 Å². The van der Waals surface area contributed by atoms with Crippen LogP contribution in [0.3, 0.4) is 0 Å². The molecule has 1 saturated heterocycles. The molecule has 1 aromatic rings. The van der Waals surface area contributed by atoms with Crippen LogP contribution in [0.5, 0.6) is 0 Å². The van der Waals surface area contributed by atoms with E-state index >= 15 is 0 Å². The molecule has 21 heavy (non-hydrogen) atoms. The number of hydrogen-bond acceptors (Lipinski definition) is 5. The molecule has 2 rings (SSSR count). The number of anilines is 1. The summed E-state index contributed by atoms with van der Waals surface area (Å²) >= 11 is 1.39. The number of thiazole rings is 1. The molecular formula is C13H21N3O3S2. The van der Waals surface area contributed by atoms with E-state index in [1.807, 2.05) is 13.8 Å². The average Bonchev–Trinajstić information content (AvgIpc) is 3.05. The Morgan fingerprint density at radius 3 is 2.95 bits per heavy atom. The number of aryl methyl sites for hydroxylation is 1. The van der Waals surface area contributed by atoms with E-state index in [1.54, 1.807) is 6.20 Å². The van der Waals surface area contributed by atoms with E-state index in [-0.39, 0.29) is 11.7 Å². The number of carbonyl (C=O) groups is 1. The normalized spacial score (nSPS) is 19.8. The molecule has 1 aliphatic rings. The lowest BCUT2D eigenvalue weighted by atomic mass is 10.2. The van der Waals surface area contributed by atoms with Crippen LogP contribution >= 0.6 is 11.3 Å². The van der Waals surface area contributed by atoms with E-state index in [4.69, 9.17) is 0 Å². The van der Waals surface area contributed by atoms with Crippen LogP contribution in [0.25, 0.3) is 0 Å². The van der Waals surface area contributed by atoms with Crippen molar-refractivity contribution in [1.82, 2.24) is 9.29 Å². The zero-order valence-corrected chi connectivity index (χ0v) is 14.0. The van der Waals surface area contributed by atoms with Crippen LogP contribution in [0, 0.1) is 6.92 Å². The Morgan fingerprint density at radius 2 is 2.33 bits per heavy atom. The number of sulfonamides is 1. The van der Waals surface area contributed by atoms with Crippen LogP contribution in [0.2, 0.25) is 0 Å². The highest BCUT2D eigenvalue weighted by atomic mass is 32.2. The highest BCUT2D eigenvalue weighted by Crippen LogP contribution is 2.25. The van der Waals surface area contributed by atoms with Gasteiger partial charge in [-0.2, -0.15) is 4.31 Å².